The molecule has 0 N–H and O–H groups in total. The van der Waals surface area contributed by atoms with Crippen molar-refractivity contribution in [3.8, 4) is 0 Å². The number of nitrogens with zero attached hydrogens (tertiary/aromatic N) is 1. The van der Waals surface area contributed by atoms with Gasteiger partial charge >= 0.3 is 0 Å². The molecule has 0 atom stereocenters. The van der Waals surface area contributed by atoms with Gasteiger partial charge in [0.05, 0.1) is 0 Å². The van der Waals surface area contributed by atoms with Crippen molar-refractivity contribution in [1.29, 1.82) is 0 Å². The van der Waals surface area contributed by atoms with Crippen molar-refractivity contribution in [2.45, 2.75) is 39.8 Å². The molecule has 0 aliphatic heterocycles. The highest BCUT2D eigenvalue weighted by atomic mass is 127. The lowest BCUT2D eigenvalue weighted by molar-refractivity contribution is 0.315. The zero-order valence-corrected chi connectivity index (χ0v) is 12.0. The van der Waals surface area contributed by atoms with E-state index in [-0.39, 0.29) is 0 Å². The largest absolute Gasteiger partial charge is 0.338 e. The maximum absolute atomic E-state index is 2.38. The molecular formula is C12H18BIN. The Balaban J connectivity index is 2.74. The maximum Gasteiger partial charge on any atom is 0.248 e. The lowest BCUT2D eigenvalue weighted by Crippen LogP contribution is -2.45. The van der Waals surface area contributed by atoms with E-state index in [1.165, 1.54) is 9.03 Å². The Hall–Kier alpha value is -0.0251. The van der Waals surface area contributed by atoms with Crippen LogP contribution in [0, 0.1) is 3.57 Å². The fourth-order valence-corrected chi connectivity index (χ4v) is 2.22. The standard InChI is InChI=1S/C12H18BIN/c1-9(2)15(10(3)4)13-11-6-5-7-12(14)8-11/h5-10H,1-4H3. The molecule has 15 heavy (non-hydrogen) atoms. The van der Waals surface area contributed by atoms with Crippen molar-refractivity contribution in [3.05, 3.63) is 27.8 Å². The van der Waals surface area contributed by atoms with Gasteiger partial charge in [0, 0.05) is 3.57 Å². The van der Waals surface area contributed by atoms with Crippen molar-refractivity contribution < 1.29 is 0 Å². The Bertz CT molecular complexity index is 304. The Kier molecular flexibility index (Phi) is 5.13. The molecule has 0 aliphatic rings. The van der Waals surface area contributed by atoms with Crippen LogP contribution in [-0.2, 0) is 0 Å². The molecule has 1 radical (unpaired) electrons. The first-order valence-corrected chi connectivity index (χ1v) is 6.46. The highest BCUT2D eigenvalue weighted by Gasteiger charge is 2.14. The molecule has 0 heterocycles. The molecule has 0 aromatic heterocycles. The maximum atomic E-state index is 2.38. The molecule has 0 saturated heterocycles. The van der Waals surface area contributed by atoms with E-state index in [9.17, 15) is 0 Å². The van der Waals surface area contributed by atoms with Gasteiger partial charge in [0.2, 0.25) is 7.41 Å². The van der Waals surface area contributed by atoms with Crippen LogP contribution < -0.4 is 5.46 Å². The fraction of sp³-hybridized carbons (Fsp3) is 0.500. The average molecular weight is 314 g/mol. The molecule has 0 amide bonds. The molecule has 0 fully saturated rings. The Morgan fingerprint density at radius 2 is 1.73 bits per heavy atom. The van der Waals surface area contributed by atoms with Crippen molar-refractivity contribution in [3.63, 3.8) is 0 Å². The van der Waals surface area contributed by atoms with Gasteiger partial charge in [-0.05, 0) is 40.7 Å². The molecule has 0 aliphatic carbocycles. The summed E-state index contributed by atoms with van der Waals surface area (Å²) in [6.07, 6.45) is 0. The molecule has 3 heteroatoms. The Morgan fingerprint density at radius 3 is 2.20 bits per heavy atom. The van der Waals surface area contributed by atoms with E-state index in [4.69, 9.17) is 0 Å². The SMILES string of the molecule is CC(C)N([B]c1cccc(I)c1)C(C)C. The summed E-state index contributed by atoms with van der Waals surface area (Å²) in [5, 5.41) is 0. The predicted octanol–water partition coefficient (Wildman–Crippen LogP) is 2.65. The van der Waals surface area contributed by atoms with Crippen LogP contribution in [0.25, 0.3) is 0 Å². The second kappa shape index (κ2) is 5.90. The smallest absolute Gasteiger partial charge is 0.248 e. The molecule has 1 aromatic rings. The number of hydrogen-bond acceptors (Lipinski definition) is 1. The molecule has 0 bridgehead atoms. The lowest BCUT2D eigenvalue weighted by Gasteiger charge is -2.30. The van der Waals surface area contributed by atoms with Gasteiger partial charge in [-0.15, -0.1) is 0 Å². The van der Waals surface area contributed by atoms with E-state index in [1.807, 2.05) is 0 Å². The minimum Gasteiger partial charge on any atom is -0.338 e. The first-order chi connectivity index (χ1) is 7.00. The Morgan fingerprint density at radius 1 is 1.13 bits per heavy atom. The van der Waals surface area contributed by atoms with Gasteiger partial charge in [-0.25, -0.2) is 0 Å². The predicted molar refractivity (Wildman–Crippen MR) is 76.7 cm³/mol. The van der Waals surface area contributed by atoms with E-state index < -0.39 is 0 Å². The summed E-state index contributed by atoms with van der Waals surface area (Å²) in [5.41, 5.74) is 1.28. The zero-order valence-electron chi connectivity index (χ0n) is 9.87. The third-order valence-corrected chi connectivity index (χ3v) is 3.01. The number of rotatable bonds is 4. The van der Waals surface area contributed by atoms with E-state index in [2.05, 4.69) is 86.8 Å². The molecule has 1 aromatic carbocycles. The highest BCUT2D eigenvalue weighted by Crippen LogP contribution is 2.04. The van der Waals surface area contributed by atoms with Crippen LogP contribution in [0.3, 0.4) is 0 Å². The number of halogens is 1. The number of benzene rings is 1. The van der Waals surface area contributed by atoms with Crippen LogP contribution in [0.2, 0.25) is 0 Å². The average Bonchev–Trinajstić information content (AvgIpc) is 2.13. The summed E-state index contributed by atoms with van der Waals surface area (Å²) >= 11 is 2.35. The molecule has 0 spiro atoms. The highest BCUT2D eigenvalue weighted by molar-refractivity contribution is 14.1. The second-order valence-electron chi connectivity index (χ2n) is 4.32. The third-order valence-electron chi connectivity index (χ3n) is 2.34. The van der Waals surface area contributed by atoms with Crippen LogP contribution in [-0.4, -0.2) is 24.3 Å². The van der Waals surface area contributed by atoms with Crippen LogP contribution in [0.4, 0.5) is 0 Å². The van der Waals surface area contributed by atoms with Gasteiger partial charge in [0.1, 0.15) is 0 Å². The van der Waals surface area contributed by atoms with E-state index in [1.54, 1.807) is 0 Å². The van der Waals surface area contributed by atoms with Gasteiger partial charge in [-0.2, -0.15) is 0 Å². The first kappa shape index (κ1) is 13.0. The van der Waals surface area contributed by atoms with Gasteiger partial charge in [-0.3, -0.25) is 0 Å². The Labute approximate surface area is 108 Å². The van der Waals surface area contributed by atoms with Crippen molar-refractivity contribution in [1.82, 2.24) is 4.81 Å². The van der Waals surface area contributed by atoms with Crippen molar-refractivity contribution in [2.24, 2.45) is 0 Å². The summed E-state index contributed by atoms with van der Waals surface area (Å²) < 4.78 is 1.29. The van der Waals surface area contributed by atoms with E-state index in [0.717, 1.165) is 0 Å². The van der Waals surface area contributed by atoms with E-state index >= 15 is 0 Å². The summed E-state index contributed by atoms with van der Waals surface area (Å²) in [6, 6.07) is 9.67. The van der Waals surface area contributed by atoms with Gasteiger partial charge < -0.3 is 4.81 Å². The van der Waals surface area contributed by atoms with Crippen LogP contribution in [0.5, 0.6) is 0 Å². The summed E-state index contributed by atoms with van der Waals surface area (Å²) in [5.74, 6) is 0. The lowest BCUT2D eigenvalue weighted by atomic mass is 9.78. The minimum atomic E-state index is 0.544. The zero-order chi connectivity index (χ0) is 11.4. The third kappa shape index (κ3) is 4.15. The second-order valence-corrected chi connectivity index (χ2v) is 5.56. The monoisotopic (exact) mass is 314 g/mol. The molecule has 81 valence electrons. The van der Waals surface area contributed by atoms with Gasteiger partial charge in [0.25, 0.3) is 0 Å². The minimum absolute atomic E-state index is 0.544. The van der Waals surface area contributed by atoms with Crippen LogP contribution >= 0.6 is 22.6 Å². The molecule has 1 nitrogen and oxygen atoms in total. The topological polar surface area (TPSA) is 3.24 Å². The molecular weight excluding hydrogens is 296 g/mol. The quantitative estimate of drug-likeness (QED) is 0.610. The summed E-state index contributed by atoms with van der Waals surface area (Å²) in [6.45, 7) is 8.91. The molecule has 0 unspecified atom stereocenters. The van der Waals surface area contributed by atoms with E-state index in [0.29, 0.717) is 12.1 Å². The van der Waals surface area contributed by atoms with Crippen LogP contribution in [0.1, 0.15) is 27.7 Å². The van der Waals surface area contributed by atoms with Crippen molar-refractivity contribution >= 4 is 35.5 Å². The normalized spacial score (nSPS) is 11.5. The first-order valence-electron chi connectivity index (χ1n) is 5.38. The van der Waals surface area contributed by atoms with Crippen molar-refractivity contribution in [2.75, 3.05) is 0 Å². The van der Waals surface area contributed by atoms with Gasteiger partial charge in [-0.1, -0.05) is 51.4 Å². The van der Waals surface area contributed by atoms with Gasteiger partial charge in [0.15, 0.2) is 0 Å². The van der Waals surface area contributed by atoms with Crippen LogP contribution in [0.15, 0.2) is 24.3 Å². The summed E-state index contributed by atoms with van der Waals surface area (Å²) in [4.78, 5) is 2.38. The molecule has 1 rings (SSSR count). The summed E-state index contributed by atoms with van der Waals surface area (Å²) in [7, 11) is 2.25. The number of hydrogen-bond donors (Lipinski definition) is 0. The fourth-order valence-electron chi connectivity index (χ4n) is 1.65. The molecule has 0 saturated carbocycles.